The Labute approximate surface area is 179 Å². The van der Waals surface area contributed by atoms with Crippen molar-refractivity contribution in [1.82, 2.24) is 20.8 Å². The standard InChI is InChI=1S/C23H35N5O2/c1-5-24-23(25-12-6-7-21-27-22(16(2)3)28-30-21)26-14-19-11-8-17(4)13-20(19)29-15-18-9-10-18/h8,11,13,16,18H,5-7,9-10,12,14-15H2,1-4H3,(H2,24,25,26). The van der Waals surface area contributed by atoms with Crippen molar-refractivity contribution in [3.05, 3.63) is 41.0 Å². The average Bonchev–Trinajstić information content (AvgIpc) is 3.43. The van der Waals surface area contributed by atoms with Crippen LogP contribution in [0, 0.1) is 12.8 Å². The van der Waals surface area contributed by atoms with Crippen molar-refractivity contribution in [3.8, 4) is 5.75 Å². The highest BCUT2D eigenvalue weighted by Crippen LogP contribution is 2.31. The smallest absolute Gasteiger partial charge is 0.226 e. The summed E-state index contributed by atoms with van der Waals surface area (Å²) in [5.74, 6) is 4.24. The lowest BCUT2D eigenvalue weighted by molar-refractivity contribution is 0.296. The van der Waals surface area contributed by atoms with Crippen molar-refractivity contribution in [1.29, 1.82) is 0 Å². The molecule has 0 atom stereocenters. The number of hydrogen-bond donors (Lipinski definition) is 2. The molecule has 7 heteroatoms. The number of aliphatic imine (C=N–C) groups is 1. The number of benzene rings is 1. The van der Waals surface area contributed by atoms with Gasteiger partial charge in [-0.2, -0.15) is 4.98 Å². The van der Waals surface area contributed by atoms with Gasteiger partial charge < -0.3 is 19.9 Å². The molecule has 164 valence electrons. The molecule has 0 radical (unpaired) electrons. The highest BCUT2D eigenvalue weighted by molar-refractivity contribution is 5.79. The van der Waals surface area contributed by atoms with Crippen LogP contribution in [0.4, 0.5) is 0 Å². The Hall–Kier alpha value is -2.57. The van der Waals surface area contributed by atoms with E-state index in [0.29, 0.717) is 12.4 Å². The van der Waals surface area contributed by atoms with E-state index < -0.39 is 0 Å². The largest absolute Gasteiger partial charge is 0.493 e. The maximum Gasteiger partial charge on any atom is 0.226 e. The Kier molecular flexibility index (Phi) is 8.11. The van der Waals surface area contributed by atoms with Crippen LogP contribution in [-0.2, 0) is 13.0 Å². The fourth-order valence-corrected chi connectivity index (χ4v) is 2.98. The van der Waals surface area contributed by atoms with Crippen LogP contribution in [0.5, 0.6) is 5.75 Å². The molecule has 30 heavy (non-hydrogen) atoms. The molecule has 3 rings (SSSR count). The lowest BCUT2D eigenvalue weighted by Crippen LogP contribution is -2.37. The Morgan fingerprint density at radius 1 is 1.30 bits per heavy atom. The predicted molar refractivity (Wildman–Crippen MR) is 119 cm³/mol. The second kappa shape index (κ2) is 11.0. The molecule has 0 spiro atoms. The van der Waals surface area contributed by atoms with Crippen molar-refractivity contribution in [2.24, 2.45) is 10.9 Å². The fraction of sp³-hybridized carbons (Fsp3) is 0.609. The van der Waals surface area contributed by atoms with Gasteiger partial charge in [-0.3, -0.25) is 0 Å². The van der Waals surface area contributed by atoms with E-state index in [1.165, 1.54) is 18.4 Å². The maximum atomic E-state index is 6.07. The van der Waals surface area contributed by atoms with E-state index in [1.807, 2.05) is 0 Å². The monoisotopic (exact) mass is 413 g/mol. The third kappa shape index (κ3) is 7.04. The molecule has 1 saturated carbocycles. The van der Waals surface area contributed by atoms with Gasteiger partial charge >= 0.3 is 0 Å². The minimum absolute atomic E-state index is 0.285. The van der Waals surface area contributed by atoms with E-state index in [0.717, 1.165) is 61.6 Å². The maximum absolute atomic E-state index is 6.07. The zero-order valence-corrected chi connectivity index (χ0v) is 18.7. The van der Waals surface area contributed by atoms with E-state index in [9.17, 15) is 0 Å². The van der Waals surface area contributed by atoms with Crippen LogP contribution in [0.25, 0.3) is 0 Å². The molecule has 0 aliphatic heterocycles. The van der Waals surface area contributed by atoms with Crippen LogP contribution in [0.2, 0.25) is 0 Å². The number of guanidine groups is 1. The van der Waals surface area contributed by atoms with Crippen LogP contribution in [0.1, 0.15) is 68.8 Å². The number of aromatic nitrogens is 2. The molecule has 1 heterocycles. The molecular formula is C23H35N5O2. The molecule has 0 saturated heterocycles. The molecule has 0 amide bonds. The van der Waals surface area contributed by atoms with E-state index in [4.69, 9.17) is 14.3 Å². The first-order chi connectivity index (χ1) is 14.5. The summed E-state index contributed by atoms with van der Waals surface area (Å²) in [5, 5.41) is 10.7. The number of nitrogens with one attached hydrogen (secondary N) is 2. The van der Waals surface area contributed by atoms with Gasteiger partial charge in [0.15, 0.2) is 11.8 Å². The minimum Gasteiger partial charge on any atom is -0.493 e. The molecule has 1 aliphatic carbocycles. The number of rotatable bonds is 11. The summed E-state index contributed by atoms with van der Waals surface area (Å²) in [5.41, 5.74) is 2.32. The third-order valence-electron chi connectivity index (χ3n) is 5.01. The van der Waals surface area contributed by atoms with Crippen molar-refractivity contribution in [3.63, 3.8) is 0 Å². The van der Waals surface area contributed by atoms with Gasteiger partial charge in [0.2, 0.25) is 5.89 Å². The van der Waals surface area contributed by atoms with Crippen LogP contribution in [0.3, 0.4) is 0 Å². The Bertz CT molecular complexity index is 827. The van der Waals surface area contributed by atoms with Gasteiger partial charge in [0, 0.05) is 31.0 Å². The van der Waals surface area contributed by atoms with Gasteiger partial charge in [-0.1, -0.05) is 31.1 Å². The summed E-state index contributed by atoms with van der Waals surface area (Å²) in [7, 11) is 0. The molecular weight excluding hydrogens is 378 g/mol. The summed E-state index contributed by atoms with van der Waals surface area (Å²) < 4.78 is 11.4. The summed E-state index contributed by atoms with van der Waals surface area (Å²) in [6, 6.07) is 6.35. The lowest BCUT2D eigenvalue weighted by Gasteiger charge is -2.13. The molecule has 0 bridgehead atoms. The van der Waals surface area contributed by atoms with Crippen LogP contribution in [0.15, 0.2) is 27.7 Å². The summed E-state index contributed by atoms with van der Waals surface area (Å²) in [6.07, 6.45) is 4.22. The fourth-order valence-electron chi connectivity index (χ4n) is 2.98. The van der Waals surface area contributed by atoms with Gasteiger partial charge in [-0.25, -0.2) is 4.99 Å². The Morgan fingerprint density at radius 3 is 2.83 bits per heavy atom. The zero-order valence-electron chi connectivity index (χ0n) is 18.7. The van der Waals surface area contributed by atoms with Crippen LogP contribution < -0.4 is 15.4 Å². The average molecular weight is 414 g/mol. The van der Waals surface area contributed by atoms with E-state index in [1.54, 1.807) is 0 Å². The highest BCUT2D eigenvalue weighted by Gasteiger charge is 2.22. The summed E-state index contributed by atoms with van der Waals surface area (Å²) >= 11 is 0. The SMILES string of the molecule is CCNC(=NCc1ccc(C)cc1OCC1CC1)NCCCc1nc(C(C)C)no1. The first-order valence-corrected chi connectivity index (χ1v) is 11.1. The molecule has 1 aromatic carbocycles. The topological polar surface area (TPSA) is 84.6 Å². The van der Waals surface area contributed by atoms with Gasteiger partial charge in [0.25, 0.3) is 0 Å². The quantitative estimate of drug-likeness (QED) is 0.329. The van der Waals surface area contributed by atoms with Gasteiger partial charge in [0.05, 0.1) is 13.2 Å². The molecule has 1 aromatic heterocycles. The molecule has 7 nitrogen and oxygen atoms in total. The summed E-state index contributed by atoms with van der Waals surface area (Å²) in [4.78, 5) is 9.18. The second-order valence-electron chi connectivity index (χ2n) is 8.29. The number of aryl methyl sites for hydroxylation is 2. The molecule has 1 aliphatic rings. The van der Waals surface area contributed by atoms with Gasteiger partial charge in [0.1, 0.15) is 5.75 Å². The number of nitrogens with zero attached hydrogens (tertiary/aromatic N) is 3. The van der Waals surface area contributed by atoms with Crippen molar-refractivity contribution < 1.29 is 9.26 Å². The highest BCUT2D eigenvalue weighted by atomic mass is 16.5. The Balaban J connectivity index is 1.51. The first kappa shape index (κ1) is 22.1. The first-order valence-electron chi connectivity index (χ1n) is 11.1. The molecule has 1 fully saturated rings. The predicted octanol–water partition coefficient (Wildman–Crippen LogP) is 3.98. The van der Waals surface area contributed by atoms with Gasteiger partial charge in [-0.15, -0.1) is 0 Å². The lowest BCUT2D eigenvalue weighted by atomic mass is 10.1. The number of hydrogen-bond acceptors (Lipinski definition) is 5. The van der Waals surface area contributed by atoms with Crippen molar-refractivity contribution >= 4 is 5.96 Å². The molecule has 2 N–H and O–H groups in total. The van der Waals surface area contributed by atoms with Crippen LogP contribution >= 0.6 is 0 Å². The van der Waals surface area contributed by atoms with E-state index >= 15 is 0 Å². The Morgan fingerprint density at radius 2 is 2.13 bits per heavy atom. The van der Waals surface area contributed by atoms with Gasteiger partial charge in [-0.05, 0) is 50.7 Å². The zero-order chi connectivity index (χ0) is 21.3. The van der Waals surface area contributed by atoms with E-state index in [2.05, 4.69) is 66.7 Å². The second-order valence-corrected chi connectivity index (χ2v) is 8.29. The summed E-state index contributed by atoms with van der Waals surface area (Å²) in [6.45, 7) is 11.3. The normalized spacial score (nSPS) is 14.2. The number of ether oxygens (including phenoxy) is 1. The van der Waals surface area contributed by atoms with Crippen LogP contribution in [-0.4, -0.2) is 35.8 Å². The minimum atomic E-state index is 0.285. The van der Waals surface area contributed by atoms with Crippen molar-refractivity contribution in [2.75, 3.05) is 19.7 Å². The molecule has 2 aromatic rings. The third-order valence-corrected chi connectivity index (χ3v) is 5.01. The molecule has 0 unspecified atom stereocenters. The van der Waals surface area contributed by atoms with E-state index in [-0.39, 0.29) is 5.92 Å². The van der Waals surface area contributed by atoms with Crippen molar-refractivity contribution in [2.45, 2.75) is 65.8 Å².